The molecule has 1 atom stereocenters. The predicted molar refractivity (Wildman–Crippen MR) is 70.1 cm³/mol. The van der Waals surface area contributed by atoms with E-state index >= 15 is 0 Å². The summed E-state index contributed by atoms with van der Waals surface area (Å²) < 4.78 is 5.24. The van der Waals surface area contributed by atoms with Crippen molar-refractivity contribution in [3.05, 3.63) is 0 Å². The monoisotopic (exact) mass is 287 g/mol. The summed E-state index contributed by atoms with van der Waals surface area (Å²) >= 11 is 0. The van der Waals surface area contributed by atoms with E-state index in [-0.39, 0.29) is 30.8 Å². The molecule has 0 saturated carbocycles. The molecule has 0 aromatic rings. The smallest absolute Gasteiger partial charge is 0.305 e. The third kappa shape index (κ3) is 6.48. The molecule has 8 nitrogen and oxygen atoms in total. The predicted octanol–water partition coefficient (Wildman–Crippen LogP) is -1.59. The lowest BCUT2D eigenvalue weighted by Gasteiger charge is -2.34. The number of aliphatic carboxylic acids is 1. The molecule has 0 spiro atoms. The molecule has 1 rings (SSSR count). The highest BCUT2D eigenvalue weighted by Gasteiger charge is 2.26. The maximum Gasteiger partial charge on any atom is 0.305 e. The normalized spacial score (nSPS) is 19.4. The quantitative estimate of drug-likeness (QED) is 0.487. The van der Waals surface area contributed by atoms with E-state index in [1.165, 1.54) is 6.92 Å². The highest BCUT2D eigenvalue weighted by atomic mass is 16.5. The van der Waals surface area contributed by atoms with Crippen molar-refractivity contribution in [2.75, 3.05) is 39.4 Å². The second-order valence-electron chi connectivity index (χ2n) is 4.63. The Morgan fingerprint density at radius 1 is 1.30 bits per heavy atom. The fourth-order valence-electron chi connectivity index (χ4n) is 1.97. The van der Waals surface area contributed by atoms with Gasteiger partial charge in [0.25, 0.3) is 0 Å². The van der Waals surface area contributed by atoms with Crippen LogP contribution in [0.5, 0.6) is 0 Å². The molecule has 1 fully saturated rings. The molecule has 1 aliphatic rings. The van der Waals surface area contributed by atoms with Gasteiger partial charge in [0.15, 0.2) is 0 Å². The summed E-state index contributed by atoms with van der Waals surface area (Å²) in [5.41, 5.74) is 0. The molecule has 20 heavy (non-hydrogen) atoms. The Balaban J connectivity index is 2.30. The van der Waals surface area contributed by atoms with Gasteiger partial charge in [0.2, 0.25) is 11.8 Å². The third-order valence-electron chi connectivity index (χ3n) is 2.93. The van der Waals surface area contributed by atoms with Gasteiger partial charge in [-0.3, -0.25) is 19.3 Å². The highest BCUT2D eigenvalue weighted by Crippen LogP contribution is 2.10. The summed E-state index contributed by atoms with van der Waals surface area (Å²) in [6.07, 6.45) is -0.0425. The summed E-state index contributed by atoms with van der Waals surface area (Å²) in [7, 11) is 0. The molecule has 8 heteroatoms. The summed E-state index contributed by atoms with van der Waals surface area (Å²) in [5, 5.41) is 14.1. The molecule has 1 unspecified atom stereocenters. The molecule has 0 radical (unpaired) electrons. The molecule has 0 bridgehead atoms. The van der Waals surface area contributed by atoms with Crippen molar-refractivity contribution >= 4 is 17.8 Å². The van der Waals surface area contributed by atoms with Gasteiger partial charge in [-0.15, -0.1) is 0 Å². The Hall–Kier alpha value is -1.67. The molecule has 2 amide bonds. The van der Waals surface area contributed by atoms with Crippen LogP contribution >= 0.6 is 0 Å². The van der Waals surface area contributed by atoms with Crippen molar-refractivity contribution in [1.29, 1.82) is 0 Å². The number of morpholine rings is 1. The van der Waals surface area contributed by atoms with Gasteiger partial charge < -0.3 is 20.5 Å². The number of carbonyl (C=O) groups excluding carboxylic acids is 2. The first kappa shape index (κ1) is 16.4. The van der Waals surface area contributed by atoms with E-state index in [0.717, 1.165) is 0 Å². The zero-order chi connectivity index (χ0) is 15.0. The molecule has 0 aromatic carbocycles. The van der Waals surface area contributed by atoms with Crippen molar-refractivity contribution in [1.82, 2.24) is 15.5 Å². The van der Waals surface area contributed by atoms with Crippen molar-refractivity contribution in [2.45, 2.75) is 19.4 Å². The van der Waals surface area contributed by atoms with Crippen LogP contribution in [0.4, 0.5) is 0 Å². The fraction of sp³-hybridized carbons (Fsp3) is 0.750. The van der Waals surface area contributed by atoms with Gasteiger partial charge in [0, 0.05) is 32.6 Å². The van der Waals surface area contributed by atoms with Gasteiger partial charge >= 0.3 is 5.97 Å². The van der Waals surface area contributed by atoms with Crippen molar-refractivity contribution < 1.29 is 24.2 Å². The number of ether oxygens (including phenoxy) is 1. The SMILES string of the molecule is CC(=O)NCCNC(=O)CN1CCOCC1CC(=O)O. The zero-order valence-corrected chi connectivity index (χ0v) is 11.6. The van der Waals surface area contributed by atoms with Gasteiger partial charge in [0.05, 0.1) is 26.2 Å². The Bertz CT molecular complexity index is 361. The van der Waals surface area contributed by atoms with Crippen molar-refractivity contribution in [3.8, 4) is 0 Å². The Kier molecular flexibility index (Phi) is 6.96. The average molecular weight is 287 g/mol. The van der Waals surface area contributed by atoms with Crippen LogP contribution in [0.15, 0.2) is 0 Å². The number of hydrogen-bond acceptors (Lipinski definition) is 5. The minimum Gasteiger partial charge on any atom is -0.481 e. The lowest BCUT2D eigenvalue weighted by molar-refractivity contribution is -0.141. The summed E-state index contributed by atoms with van der Waals surface area (Å²) in [6.45, 7) is 3.64. The largest absolute Gasteiger partial charge is 0.481 e. The van der Waals surface area contributed by atoms with Crippen LogP contribution in [0.25, 0.3) is 0 Å². The van der Waals surface area contributed by atoms with Crippen LogP contribution in [-0.4, -0.2) is 73.2 Å². The summed E-state index contributed by atoms with van der Waals surface area (Å²) in [5.74, 6) is -1.24. The van der Waals surface area contributed by atoms with Gasteiger partial charge in [0.1, 0.15) is 0 Å². The number of nitrogens with zero attached hydrogens (tertiary/aromatic N) is 1. The number of carboxylic acids is 1. The molecular formula is C12H21N3O5. The number of amides is 2. The van der Waals surface area contributed by atoms with Crippen LogP contribution in [0, 0.1) is 0 Å². The van der Waals surface area contributed by atoms with Crippen LogP contribution in [0.2, 0.25) is 0 Å². The van der Waals surface area contributed by atoms with Crippen LogP contribution < -0.4 is 10.6 Å². The topological polar surface area (TPSA) is 108 Å². The second-order valence-corrected chi connectivity index (χ2v) is 4.63. The van der Waals surface area contributed by atoms with Gasteiger partial charge in [-0.1, -0.05) is 0 Å². The summed E-state index contributed by atoms with van der Waals surface area (Å²) in [4.78, 5) is 34.9. The van der Waals surface area contributed by atoms with Crippen LogP contribution in [0.3, 0.4) is 0 Å². The number of hydrogen-bond donors (Lipinski definition) is 3. The van der Waals surface area contributed by atoms with E-state index in [4.69, 9.17) is 9.84 Å². The lowest BCUT2D eigenvalue weighted by Crippen LogP contribution is -2.50. The van der Waals surface area contributed by atoms with Crippen molar-refractivity contribution in [2.24, 2.45) is 0 Å². The van der Waals surface area contributed by atoms with E-state index in [2.05, 4.69) is 10.6 Å². The highest BCUT2D eigenvalue weighted by molar-refractivity contribution is 5.78. The number of carbonyl (C=O) groups is 3. The molecule has 0 aromatic heterocycles. The molecule has 3 N–H and O–H groups in total. The minimum atomic E-state index is -0.906. The Labute approximate surface area is 117 Å². The van der Waals surface area contributed by atoms with E-state index in [1.54, 1.807) is 0 Å². The van der Waals surface area contributed by atoms with E-state index in [9.17, 15) is 14.4 Å². The van der Waals surface area contributed by atoms with E-state index in [1.807, 2.05) is 4.90 Å². The first-order chi connectivity index (χ1) is 9.49. The molecule has 1 saturated heterocycles. The maximum atomic E-state index is 11.7. The average Bonchev–Trinajstić information content (AvgIpc) is 2.36. The standard InChI is InChI=1S/C12H21N3O5/c1-9(16)13-2-3-14-11(17)7-15-4-5-20-8-10(15)6-12(18)19/h10H,2-8H2,1H3,(H,13,16)(H,14,17)(H,18,19). The van der Waals surface area contributed by atoms with Crippen LogP contribution in [-0.2, 0) is 19.1 Å². The second kappa shape index (κ2) is 8.49. The minimum absolute atomic E-state index is 0.0425. The van der Waals surface area contributed by atoms with E-state index in [0.29, 0.717) is 32.8 Å². The molecular weight excluding hydrogens is 266 g/mol. The Morgan fingerprint density at radius 3 is 2.65 bits per heavy atom. The molecule has 1 heterocycles. The number of nitrogens with one attached hydrogen (secondary N) is 2. The number of carboxylic acid groups (broad SMARTS) is 1. The van der Waals surface area contributed by atoms with Crippen molar-refractivity contribution in [3.63, 3.8) is 0 Å². The third-order valence-corrected chi connectivity index (χ3v) is 2.93. The maximum absolute atomic E-state index is 11.7. The van der Waals surface area contributed by atoms with E-state index < -0.39 is 5.97 Å². The first-order valence-corrected chi connectivity index (χ1v) is 6.53. The van der Waals surface area contributed by atoms with Gasteiger partial charge in [-0.2, -0.15) is 0 Å². The number of rotatable bonds is 7. The first-order valence-electron chi connectivity index (χ1n) is 6.53. The molecule has 1 aliphatic heterocycles. The van der Waals surface area contributed by atoms with Crippen LogP contribution in [0.1, 0.15) is 13.3 Å². The van der Waals surface area contributed by atoms with Gasteiger partial charge in [-0.25, -0.2) is 0 Å². The zero-order valence-electron chi connectivity index (χ0n) is 11.6. The lowest BCUT2D eigenvalue weighted by atomic mass is 10.1. The molecule has 114 valence electrons. The Morgan fingerprint density at radius 2 is 2.00 bits per heavy atom. The summed E-state index contributed by atoms with van der Waals surface area (Å²) in [6, 6.07) is -0.276. The molecule has 0 aliphatic carbocycles. The van der Waals surface area contributed by atoms with Gasteiger partial charge in [-0.05, 0) is 0 Å². The fourth-order valence-corrected chi connectivity index (χ4v) is 1.97.